The van der Waals surface area contributed by atoms with Gasteiger partial charge in [0.2, 0.25) is 0 Å². The van der Waals surface area contributed by atoms with Crippen molar-refractivity contribution < 1.29 is 18.3 Å². The molecule has 0 aliphatic rings. The summed E-state index contributed by atoms with van der Waals surface area (Å²) in [5.74, 6) is 0. The summed E-state index contributed by atoms with van der Waals surface area (Å²) in [6.07, 6.45) is -4.66. The van der Waals surface area contributed by atoms with Gasteiger partial charge in [0.15, 0.2) is 5.69 Å². The van der Waals surface area contributed by atoms with Gasteiger partial charge in [-0.05, 0) is 18.6 Å². The number of benzene rings is 1. The summed E-state index contributed by atoms with van der Waals surface area (Å²) in [4.78, 5) is 0. The number of hydrogen-bond donors (Lipinski definition) is 1. The summed E-state index contributed by atoms with van der Waals surface area (Å²) in [6, 6.07) is 6.77. The molecule has 0 aliphatic heterocycles. The van der Waals surface area contributed by atoms with Gasteiger partial charge in [-0.25, -0.2) is 4.68 Å². The van der Waals surface area contributed by atoms with Gasteiger partial charge in [0.05, 0.1) is 12.3 Å². The Hall–Kier alpha value is -1.53. The van der Waals surface area contributed by atoms with Crippen molar-refractivity contribution in [3.63, 3.8) is 0 Å². The van der Waals surface area contributed by atoms with Gasteiger partial charge in [-0.3, -0.25) is 0 Å². The fraction of sp³-hybridized carbons (Fsp3) is 0.250. The molecule has 0 saturated heterocycles. The molecule has 0 bridgehead atoms. The Morgan fingerprint density at radius 2 is 1.95 bits per heavy atom. The number of aromatic nitrogens is 2. The van der Waals surface area contributed by atoms with Crippen molar-refractivity contribution in [2.75, 3.05) is 0 Å². The van der Waals surface area contributed by atoms with Crippen LogP contribution in [0.4, 0.5) is 13.2 Å². The molecule has 3 nitrogen and oxygen atoms in total. The fourth-order valence-corrected chi connectivity index (χ4v) is 2.04. The minimum absolute atomic E-state index is 0.232. The molecule has 0 saturated carbocycles. The van der Waals surface area contributed by atoms with Crippen molar-refractivity contribution in [3.8, 4) is 5.69 Å². The zero-order valence-corrected chi connectivity index (χ0v) is 10.6. The quantitative estimate of drug-likeness (QED) is 0.921. The van der Waals surface area contributed by atoms with E-state index in [9.17, 15) is 13.2 Å². The zero-order chi connectivity index (χ0) is 14.2. The summed E-state index contributed by atoms with van der Waals surface area (Å²) in [5, 5.41) is 12.3. The number of rotatable bonds is 2. The molecule has 19 heavy (non-hydrogen) atoms. The first-order valence-electron chi connectivity index (χ1n) is 5.37. The van der Waals surface area contributed by atoms with E-state index >= 15 is 0 Å². The van der Waals surface area contributed by atoms with E-state index in [0.717, 1.165) is 10.2 Å². The predicted molar refractivity (Wildman–Crippen MR) is 64.2 cm³/mol. The summed E-state index contributed by atoms with van der Waals surface area (Å²) >= 11 is 5.88. The average molecular weight is 291 g/mol. The van der Waals surface area contributed by atoms with Crippen LogP contribution in [0.5, 0.6) is 0 Å². The molecule has 7 heteroatoms. The second-order valence-electron chi connectivity index (χ2n) is 3.97. The van der Waals surface area contributed by atoms with Crippen LogP contribution in [0.2, 0.25) is 5.15 Å². The van der Waals surface area contributed by atoms with Crippen molar-refractivity contribution in [1.29, 1.82) is 0 Å². The molecule has 0 spiro atoms. The van der Waals surface area contributed by atoms with Crippen LogP contribution in [0.15, 0.2) is 24.3 Å². The van der Waals surface area contributed by atoms with Gasteiger partial charge in [-0.15, -0.1) is 0 Å². The van der Waals surface area contributed by atoms with Gasteiger partial charge in [-0.1, -0.05) is 29.8 Å². The second kappa shape index (κ2) is 4.86. The minimum atomic E-state index is -4.66. The van der Waals surface area contributed by atoms with E-state index in [1.54, 1.807) is 31.2 Å². The zero-order valence-electron chi connectivity index (χ0n) is 9.87. The van der Waals surface area contributed by atoms with Gasteiger partial charge in [0.1, 0.15) is 5.15 Å². The smallest absolute Gasteiger partial charge is 0.391 e. The molecule has 0 unspecified atom stereocenters. The second-order valence-corrected chi connectivity index (χ2v) is 4.33. The number of hydrogen-bond acceptors (Lipinski definition) is 2. The van der Waals surface area contributed by atoms with Crippen LogP contribution in [0.3, 0.4) is 0 Å². The summed E-state index contributed by atoms with van der Waals surface area (Å²) in [6.45, 7) is 0.915. The standard InChI is InChI=1S/C12H10ClF3N2O/c1-7-4-2-3-5-9(7)18-11(13)8(6-19)10(17-18)12(14,15)16/h2-5,19H,6H2,1H3. The highest BCUT2D eigenvalue weighted by molar-refractivity contribution is 6.30. The number of halogens is 4. The van der Waals surface area contributed by atoms with E-state index in [1.165, 1.54) is 0 Å². The van der Waals surface area contributed by atoms with Crippen molar-refractivity contribution >= 4 is 11.6 Å². The van der Waals surface area contributed by atoms with E-state index in [-0.39, 0.29) is 5.15 Å². The van der Waals surface area contributed by atoms with E-state index in [0.29, 0.717) is 5.69 Å². The van der Waals surface area contributed by atoms with E-state index < -0.39 is 24.0 Å². The Morgan fingerprint density at radius 1 is 1.32 bits per heavy atom. The van der Waals surface area contributed by atoms with Crippen LogP contribution < -0.4 is 0 Å². The molecular weight excluding hydrogens is 281 g/mol. The average Bonchev–Trinajstić information content (AvgIpc) is 2.67. The fourth-order valence-electron chi connectivity index (χ4n) is 1.76. The number of aliphatic hydroxyl groups is 1. The largest absolute Gasteiger partial charge is 0.435 e. The molecule has 0 fully saturated rings. The summed E-state index contributed by atoms with van der Waals surface area (Å²) in [5.41, 5.74) is -0.413. The van der Waals surface area contributed by atoms with Crippen LogP contribution in [0, 0.1) is 6.92 Å². The van der Waals surface area contributed by atoms with Gasteiger partial charge in [0.25, 0.3) is 0 Å². The Morgan fingerprint density at radius 3 is 2.42 bits per heavy atom. The van der Waals surface area contributed by atoms with E-state index in [1.807, 2.05) is 0 Å². The van der Waals surface area contributed by atoms with Gasteiger partial charge in [0, 0.05) is 5.56 Å². The molecule has 0 radical (unpaired) electrons. The first-order valence-corrected chi connectivity index (χ1v) is 5.75. The number of alkyl halides is 3. The summed E-state index contributed by atoms with van der Waals surface area (Å²) < 4.78 is 39.4. The molecular formula is C12H10ClF3N2O. The van der Waals surface area contributed by atoms with Crippen LogP contribution in [-0.4, -0.2) is 14.9 Å². The van der Waals surface area contributed by atoms with E-state index in [2.05, 4.69) is 5.10 Å². The molecule has 1 N–H and O–H groups in total. The van der Waals surface area contributed by atoms with Gasteiger partial charge in [-0.2, -0.15) is 18.3 Å². The molecule has 102 valence electrons. The highest BCUT2D eigenvalue weighted by Crippen LogP contribution is 2.35. The molecule has 0 aliphatic carbocycles. The number of para-hydroxylation sites is 1. The first kappa shape index (κ1) is 13.9. The van der Waals surface area contributed by atoms with Gasteiger partial charge >= 0.3 is 6.18 Å². The number of aliphatic hydroxyl groups excluding tert-OH is 1. The van der Waals surface area contributed by atoms with E-state index in [4.69, 9.17) is 16.7 Å². The van der Waals surface area contributed by atoms with Crippen LogP contribution in [0.1, 0.15) is 16.8 Å². The molecule has 1 heterocycles. The third-order valence-corrected chi connectivity index (χ3v) is 3.08. The third-order valence-electron chi connectivity index (χ3n) is 2.69. The maximum atomic E-state index is 12.8. The van der Waals surface area contributed by atoms with Crippen molar-refractivity contribution in [3.05, 3.63) is 46.2 Å². The Bertz CT molecular complexity index is 608. The maximum absolute atomic E-state index is 12.8. The van der Waals surface area contributed by atoms with Gasteiger partial charge < -0.3 is 5.11 Å². The SMILES string of the molecule is Cc1ccccc1-n1nc(C(F)(F)F)c(CO)c1Cl. The monoisotopic (exact) mass is 290 g/mol. The number of aryl methyl sites for hydroxylation is 1. The molecule has 1 aromatic heterocycles. The molecule has 0 amide bonds. The van der Waals surface area contributed by atoms with Crippen molar-refractivity contribution in [2.24, 2.45) is 0 Å². The lowest BCUT2D eigenvalue weighted by Gasteiger charge is -2.06. The first-order chi connectivity index (χ1) is 8.86. The Balaban J connectivity index is 2.67. The van der Waals surface area contributed by atoms with Crippen LogP contribution in [-0.2, 0) is 12.8 Å². The molecule has 0 atom stereocenters. The molecule has 1 aromatic carbocycles. The lowest BCUT2D eigenvalue weighted by atomic mass is 10.2. The predicted octanol–water partition coefficient (Wildman–Crippen LogP) is 3.35. The van der Waals surface area contributed by atoms with Crippen LogP contribution in [0.25, 0.3) is 5.69 Å². The van der Waals surface area contributed by atoms with Crippen LogP contribution >= 0.6 is 11.6 Å². The lowest BCUT2D eigenvalue weighted by molar-refractivity contribution is -0.142. The highest BCUT2D eigenvalue weighted by atomic mass is 35.5. The Labute approximate surface area is 112 Å². The van der Waals surface area contributed by atoms with Crippen molar-refractivity contribution in [1.82, 2.24) is 9.78 Å². The lowest BCUT2D eigenvalue weighted by Crippen LogP contribution is -2.10. The minimum Gasteiger partial charge on any atom is -0.391 e. The highest BCUT2D eigenvalue weighted by Gasteiger charge is 2.39. The molecule has 2 rings (SSSR count). The summed E-state index contributed by atoms with van der Waals surface area (Å²) in [7, 11) is 0. The Kier molecular flexibility index (Phi) is 3.56. The number of nitrogens with zero attached hydrogens (tertiary/aromatic N) is 2. The third kappa shape index (κ3) is 2.46. The topological polar surface area (TPSA) is 38.0 Å². The van der Waals surface area contributed by atoms with Crippen molar-refractivity contribution in [2.45, 2.75) is 19.7 Å². The maximum Gasteiger partial charge on any atom is 0.435 e. The normalized spacial score (nSPS) is 11.9. The molecule has 2 aromatic rings.